The van der Waals surface area contributed by atoms with E-state index in [0.29, 0.717) is 24.0 Å². The van der Waals surface area contributed by atoms with Crippen LogP contribution < -0.4 is 10.2 Å². The van der Waals surface area contributed by atoms with E-state index in [0.717, 1.165) is 38.5 Å². The van der Waals surface area contributed by atoms with Crippen molar-refractivity contribution in [2.75, 3.05) is 0 Å². The van der Waals surface area contributed by atoms with Crippen molar-refractivity contribution in [2.45, 2.75) is 51.4 Å². The van der Waals surface area contributed by atoms with Gasteiger partial charge >= 0.3 is 23.9 Å². The summed E-state index contributed by atoms with van der Waals surface area (Å²) in [4.78, 5) is 20.3. The Balaban J connectivity index is 0.000000324. The predicted octanol–water partition coefficient (Wildman–Crippen LogP) is -0.443. The number of carbonyl (C=O) groups is 2. The number of aliphatic carboxylic acids is 2. The van der Waals surface area contributed by atoms with Crippen LogP contribution in [0.25, 0.3) is 0 Å². The Morgan fingerprint density at radius 3 is 1.32 bits per heavy atom. The van der Waals surface area contributed by atoms with Crippen molar-refractivity contribution in [2.24, 2.45) is 0 Å². The van der Waals surface area contributed by atoms with Gasteiger partial charge < -0.3 is 19.8 Å². The van der Waals surface area contributed by atoms with E-state index >= 15 is 0 Å². The average Bonchev–Trinajstić information content (AvgIpc) is 2.41. The molecule has 0 aromatic carbocycles. The van der Waals surface area contributed by atoms with Gasteiger partial charge in [0.15, 0.2) is 0 Å². The maximum absolute atomic E-state index is 10.2. The van der Waals surface area contributed by atoms with Crippen LogP contribution in [0.4, 0.5) is 0 Å². The Morgan fingerprint density at radius 2 is 1.16 bits per heavy atom. The van der Waals surface area contributed by atoms with Crippen LogP contribution >= 0.6 is 0 Å². The Hall–Kier alpha value is -0.781. The SMILES string of the molecule is O=C([O-])C1=CCCCC1.O=C([O-])C1=CCCCC1.[SnH2+2]. The maximum atomic E-state index is 10.2. The zero-order valence-electron chi connectivity index (χ0n) is 11.2. The number of allylic oxidation sites excluding steroid dienone is 2. The van der Waals surface area contributed by atoms with Gasteiger partial charge in [0.25, 0.3) is 0 Å². The quantitative estimate of drug-likeness (QED) is 0.617. The van der Waals surface area contributed by atoms with Gasteiger partial charge in [0.2, 0.25) is 0 Å². The molecule has 19 heavy (non-hydrogen) atoms. The van der Waals surface area contributed by atoms with Gasteiger partial charge in [-0.25, -0.2) is 0 Å². The topological polar surface area (TPSA) is 80.3 Å². The summed E-state index contributed by atoms with van der Waals surface area (Å²) in [5, 5.41) is 20.3. The van der Waals surface area contributed by atoms with E-state index in [1.54, 1.807) is 12.2 Å². The van der Waals surface area contributed by atoms with Crippen molar-refractivity contribution in [1.29, 1.82) is 0 Å². The zero-order valence-corrected chi connectivity index (χ0v) is 15.2. The van der Waals surface area contributed by atoms with E-state index in [1.165, 1.54) is 0 Å². The summed E-state index contributed by atoms with van der Waals surface area (Å²) in [6, 6.07) is 0. The molecule has 2 aliphatic rings. The van der Waals surface area contributed by atoms with Gasteiger partial charge in [-0.1, -0.05) is 12.2 Å². The Bertz CT molecular complexity index is 336. The van der Waals surface area contributed by atoms with Crippen molar-refractivity contribution in [3.05, 3.63) is 23.3 Å². The van der Waals surface area contributed by atoms with E-state index in [1.807, 2.05) is 0 Å². The predicted molar refractivity (Wildman–Crippen MR) is 71.7 cm³/mol. The monoisotopic (exact) mass is 372 g/mol. The summed E-state index contributed by atoms with van der Waals surface area (Å²) in [5.41, 5.74) is 0.975. The first-order chi connectivity index (χ1) is 8.61. The van der Waals surface area contributed by atoms with Crippen molar-refractivity contribution in [3.8, 4) is 0 Å². The molecule has 0 N–H and O–H groups in total. The van der Waals surface area contributed by atoms with Gasteiger partial charge in [0, 0.05) is 0 Å². The molecule has 0 aromatic rings. The van der Waals surface area contributed by atoms with Crippen molar-refractivity contribution in [3.63, 3.8) is 0 Å². The third kappa shape index (κ3) is 7.40. The summed E-state index contributed by atoms with van der Waals surface area (Å²) in [6.07, 6.45) is 11.0. The van der Waals surface area contributed by atoms with Crippen LogP contribution in [0.15, 0.2) is 23.3 Å². The van der Waals surface area contributed by atoms with Gasteiger partial charge in [0.1, 0.15) is 0 Å². The van der Waals surface area contributed by atoms with Crippen LogP contribution in [-0.4, -0.2) is 35.8 Å². The molecule has 0 saturated heterocycles. The number of hydrogen-bond acceptors (Lipinski definition) is 4. The molecule has 0 heterocycles. The number of carboxylic acids is 2. The molecule has 4 nitrogen and oxygen atoms in total. The van der Waals surface area contributed by atoms with E-state index in [9.17, 15) is 19.8 Å². The molecule has 2 aliphatic carbocycles. The minimum absolute atomic E-state index is 0. The zero-order chi connectivity index (χ0) is 13.4. The van der Waals surface area contributed by atoms with Gasteiger partial charge in [-0.3, -0.25) is 0 Å². The molecule has 0 spiro atoms. The summed E-state index contributed by atoms with van der Waals surface area (Å²) in [5.74, 6) is -1.98. The first-order valence-corrected chi connectivity index (χ1v) is 6.42. The molecule has 0 saturated carbocycles. The van der Waals surface area contributed by atoms with Crippen LogP contribution in [0.5, 0.6) is 0 Å². The van der Waals surface area contributed by atoms with Gasteiger partial charge in [-0.15, -0.1) is 0 Å². The third-order valence-electron chi connectivity index (χ3n) is 3.11. The third-order valence-corrected chi connectivity index (χ3v) is 3.11. The van der Waals surface area contributed by atoms with E-state index in [4.69, 9.17) is 0 Å². The van der Waals surface area contributed by atoms with Crippen molar-refractivity contribution >= 4 is 35.8 Å². The van der Waals surface area contributed by atoms with Crippen LogP contribution in [0.3, 0.4) is 0 Å². The Kier molecular flexibility index (Phi) is 9.65. The van der Waals surface area contributed by atoms with Crippen LogP contribution in [-0.2, 0) is 9.59 Å². The van der Waals surface area contributed by atoms with Crippen LogP contribution in [0.1, 0.15) is 51.4 Å². The van der Waals surface area contributed by atoms with Crippen LogP contribution in [0.2, 0.25) is 0 Å². The van der Waals surface area contributed by atoms with Gasteiger partial charge in [-0.05, 0) is 62.5 Å². The number of carbonyl (C=O) groups excluding carboxylic acids is 2. The van der Waals surface area contributed by atoms with Crippen molar-refractivity contribution in [1.82, 2.24) is 0 Å². The molecule has 0 unspecified atom stereocenters. The fraction of sp³-hybridized carbons (Fsp3) is 0.571. The molecule has 5 heteroatoms. The van der Waals surface area contributed by atoms with E-state index < -0.39 is 11.9 Å². The van der Waals surface area contributed by atoms with E-state index in [2.05, 4.69) is 0 Å². The molecule has 0 atom stereocenters. The molecular weight excluding hydrogens is 351 g/mol. The second kappa shape index (κ2) is 10.1. The number of hydrogen-bond donors (Lipinski definition) is 0. The molecule has 2 rings (SSSR count). The van der Waals surface area contributed by atoms with Gasteiger partial charge in [0.05, 0.1) is 11.9 Å². The van der Waals surface area contributed by atoms with Crippen LogP contribution in [0, 0.1) is 0 Å². The fourth-order valence-electron chi connectivity index (χ4n) is 2.05. The van der Waals surface area contributed by atoms with Gasteiger partial charge in [-0.2, -0.15) is 0 Å². The summed E-state index contributed by atoms with van der Waals surface area (Å²) >= 11 is 0. The molecule has 0 aromatic heterocycles. The van der Waals surface area contributed by atoms with E-state index in [-0.39, 0.29) is 23.9 Å². The second-order valence-corrected chi connectivity index (χ2v) is 4.53. The van der Waals surface area contributed by atoms with Crippen molar-refractivity contribution < 1.29 is 19.8 Å². The molecule has 0 radical (unpaired) electrons. The number of carboxylic acid groups (broad SMARTS) is 2. The Morgan fingerprint density at radius 1 is 0.789 bits per heavy atom. The summed E-state index contributed by atoms with van der Waals surface area (Å²) < 4.78 is 0. The second-order valence-electron chi connectivity index (χ2n) is 4.53. The fourth-order valence-corrected chi connectivity index (χ4v) is 2.05. The first-order valence-electron chi connectivity index (χ1n) is 6.42. The Labute approximate surface area is 130 Å². The number of rotatable bonds is 2. The molecule has 104 valence electrons. The summed E-state index contributed by atoms with van der Waals surface area (Å²) in [7, 11) is 0. The molecular formula is C14H20O4Sn. The molecule has 0 fully saturated rings. The normalized spacial score (nSPS) is 17.9. The molecule has 0 amide bonds. The minimum atomic E-state index is -0.991. The summed E-state index contributed by atoms with van der Waals surface area (Å²) in [6.45, 7) is 0. The first kappa shape index (κ1) is 18.2. The molecule has 0 bridgehead atoms. The standard InChI is InChI=1S/2C7H10O2.Sn.2H/c2*8-7(9)6-4-2-1-3-5-6;;;/h2*4H,1-3,5H2,(H,8,9);;;/q;;+2;;/p-2. The molecule has 0 aliphatic heterocycles. The average molecular weight is 371 g/mol.